The lowest BCUT2D eigenvalue weighted by molar-refractivity contribution is 0.590. The van der Waals surface area contributed by atoms with Gasteiger partial charge in [-0.25, -0.2) is 0 Å². The third-order valence-electron chi connectivity index (χ3n) is 5.14. The smallest absolute Gasteiger partial charge is 0.0417 e. The Morgan fingerprint density at radius 2 is 1.32 bits per heavy atom. The molecule has 1 aliphatic rings. The van der Waals surface area contributed by atoms with Crippen LogP contribution in [0.25, 0.3) is 11.1 Å². The first kappa shape index (κ1) is 16.0. The quantitative estimate of drug-likeness (QED) is 0.538. The number of hydrogen-bond donors (Lipinski definition) is 1. The van der Waals surface area contributed by atoms with E-state index < -0.39 is 0 Å². The Kier molecular flexibility index (Phi) is 3.88. The molecule has 0 saturated carbocycles. The molecule has 1 N–H and O–H groups in total. The summed E-state index contributed by atoms with van der Waals surface area (Å²) in [6.07, 6.45) is 2.16. The molecule has 0 radical (unpaired) electrons. The first-order valence-corrected chi connectivity index (χ1v) is 9.09. The minimum absolute atomic E-state index is 0.196. The molecular formula is C24H25N. The van der Waals surface area contributed by atoms with Crippen molar-refractivity contribution in [2.45, 2.75) is 39.0 Å². The van der Waals surface area contributed by atoms with Gasteiger partial charge in [0.05, 0.1) is 0 Å². The van der Waals surface area contributed by atoms with Gasteiger partial charge in [0.2, 0.25) is 0 Å². The van der Waals surface area contributed by atoms with Crippen molar-refractivity contribution in [3.8, 4) is 11.1 Å². The standard InChI is InChI=1S/C24H25N/c1-24(2,3)21-13-10-17(11-14-21)19-12-15-23-20(16-19)9-8-18-6-4-5-7-22(18)25-23/h4-7,10-16,25H,8-9H2,1-3H3. The van der Waals surface area contributed by atoms with E-state index in [4.69, 9.17) is 0 Å². The SMILES string of the molecule is CC(C)(C)c1ccc(-c2ccc3c(c2)CCc2ccccc2N3)cc1. The van der Waals surface area contributed by atoms with E-state index in [0.717, 1.165) is 12.8 Å². The van der Waals surface area contributed by atoms with E-state index in [-0.39, 0.29) is 5.41 Å². The van der Waals surface area contributed by atoms with E-state index in [1.54, 1.807) is 0 Å². The van der Waals surface area contributed by atoms with Crippen LogP contribution in [0.15, 0.2) is 66.7 Å². The maximum atomic E-state index is 3.61. The molecule has 3 aromatic carbocycles. The Morgan fingerprint density at radius 1 is 0.680 bits per heavy atom. The Hall–Kier alpha value is -2.54. The summed E-state index contributed by atoms with van der Waals surface area (Å²) < 4.78 is 0. The molecule has 0 amide bonds. The summed E-state index contributed by atoms with van der Waals surface area (Å²) in [5.41, 5.74) is 9.43. The maximum Gasteiger partial charge on any atom is 0.0417 e. The van der Waals surface area contributed by atoms with E-state index in [0.29, 0.717) is 0 Å². The molecule has 0 aliphatic carbocycles. The van der Waals surface area contributed by atoms with Crippen molar-refractivity contribution in [1.82, 2.24) is 0 Å². The van der Waals surface area contributed by atoms with Gasteiger partial charge in [0.1, 0.15) is 0 Å². The van der Waals surface area contributed by atoms with E-state index >= 15 is 0 Å². The summed E-state index contributed by atoms with van der Waals surface area (Å²) in [4.78, 5) is 0. The van der Waals surface area contributed by atoms with Gasteiger partial charge in [-0.2, -0.15) is 0 Å². The second-order valence-corrected chi connectivity index (χ2v) is 7.98. The number of hydrogen-bond acceptors (Lipinski definition) is 1. The Balaban J connectivity index is 1.66. The highest BCUT2D eigenvalue weighted by Gasteiger charge is 2.15. The third-order valence-corrected chi connectivity index (χ3v) is 5.14. The van der Waals surface area contributed by atoms with Crippen LogP contribution in [0, 0.1) is 0 Å². The van der Waals surface area contributed by atoms with Crippen LogP contribution in [0.1, 0.15) is 37.5 Å². The van der Waals surface area contributed by atoms with Gasteiger partial charge in [-0.1, -0.05) is 69.3 Å². The van der Waals surface area contributed by atoms with Crippen molar-refractivity contribution in [2.75, 3.05) is 5.32 Å². The zero-order valence-electron chi connectivity index (χ0n) is 15.3. The van der Waals surface area contributed by atoms with Crippen LogP contribution in [-0.4, -0.2) is 0 Å². The Morgan fingerprint density at radius 3 is 2.08 bits per heavy atom. The summed E-state index contributed by atoms with van der Waals surface area (Å²) in [6, 6.07) is 24.4. The van der Waals surface area contributed by atoms with Crippen LogP contribution in [0.2, 0.25) is 0 Å². The van der Waals surface area contributed by atoms with Gasteiger partial charge in [-0.15, -0.1) is 0 Å². The molecule has 1 heteroatoms. The number of benzene rings is 3. The third kappa shape index (κ3) is 3.19. The monoisotopic (exact) mass is 327 g/mol. The molecule has 0 spiro atoms. The van der Waals surface area contributed by atoms with Crippen molar-refractivity contribution in [2.24, 2.45) is 0 Å². The van der Waals surface area contributed by atoms with E-state index in [2.05, 4.69) is 92.8 Å². The van der Waals surface area contributed by atoms with Crippen molar-refractivity contribution in [1.29, 1.82) is 0 Å². The maximum absolute atomic E-state index is 3.61. The number of fused-ring (bicyclic) bond motifs is 2. The van der Waals surface area contributed by atoms with Crippen LogP contribution < -0.4 is 5.32 Å². The number of aryl methyl sites for hydroxylation is 2. The fraction of sp³-hybridized carbons (Fsp3) is 0.250. The van der Waals surface area contributed by atoms with Gasteiger partial charge in [-0.05, 0) is 64.3 Å². The molecule has 0 atom stereocenters. The molecule has 4 rings (SSSR count). The molecule has 0 bridgehead atoms. The summed E-state index contributed by atoms with van der Waals surface area (Å²) in [7, 11) is 0. The summed E-state index contributed by atoms with van der Waals surface area (Å²) in [5, 5.41) is 3.61. The van der Waals surface area contributed by atoms with Crippen molar-refractivity contribution >= 4 is 11.4 Å². The number of para-hydroxylation sites is 1. The second-order valence-electron chi connectivity index (χ2n) is 7.98. The van der Waals surface area contributed by atoms with Crippen molar-refractivity contribution < 1.29 is 0 Å². The van der Waals surface area contributed by atoms with Crippen LogP contribution in [-0.2, 0) is 18.3 Å². The van der Waals surface area contributed by atoms with Gasteiger partial charge >= 0.3 is 0 Å². The van der Waals surface area contributed by atoms with E-state index in [9.17, 15) is 0 Å². The molecular weight excluding hydrogens is 302 g/mol. The van der Waals surface area contributed by atoms with Crippen LogP contribution >= 0.6 is 0 Å². The molecule has 0 aromatic heterocycles. The molecule has 1 aliphatic heterocycles. The molecule has 0 unspecified atom stereocenters. The zero-order valence-corrected chi connectivity index (χ0v) is 15.3. The average molecular weight is 327 g/mol. The number of nitrogens with one attached hydrogen (secondary N) is 1. The van der Waals surface area contributed by atoms with Gasteiger partial charge in [0, 0.05) is 11.4 Å². The van der Waals surface area contributed by atoms with Gasteiger partial charge in [-0.3, -0.25) is 0 Å². The van der Waals surface area contributed by atoms with E-state index in [1.807, 2.05) is 0 Å². The van der Waals surface area contributed by atoms with Crippen molar-refractivity contribution in [3.05, 3.63) is 83.4 Å². The van der Waals surface area contributed by atoms with Crippen LogP contribution in [0.4, 0.5) is 11.4 Å². The highest BCUT2D eigenvalue weighted by atomic mass is 14.9. The number of rotatable bonds is 1. The fourth-order valence-electron chi connectivity index (χ4n) is 3.54. The highest BCUT2D eigenvalue weighted by Crippen LogP contribution is 2.33. The van der Waals surface area contributed by atoms with Gasteiger partial charge < -0.3 is 5.32 Å². The predicted molar refractivity (Wildman–Crippen MR) is 108 cm³/mol. The molecule has 1 heterocycles. The molecule has 0 fully saturated rings. The lowest BCUT2D eigenvalue weighted by atomic mass is 9.86. The second kappa shape index (κ2) is 6.07. The fourth-order valence-corrected chi connectivity index (χ4v) is 3.54. The largest absolute Gasteiger partial charge is 0.355 e. The van der Waals surface area contributed by atoms with Crippen LogP contribution in [0.5, 0.6) is 0 Å². The minimum atomic E-state index is 0.196. The molecule has 0 saturated heterocycles. The number of anilines is 2. The van der Waals surface area contributed by atoms with Gasteiger partial charge in [0.25, 0.3) is 0 Å². The predicted octanol–water partition coefficient (Wildman–Crippen LogP) is 6.49. The Labute approximate surface area is 150 Å². The first-order chi connectivity index (χ1) is 12.0. The van der Waals surface area contributed by atoms with Crippen LogP contribution in [0.3, 0.4) is 0 Å². The molecule has 25 heavy (non-hydrogen) atoms. The Bertz CT molecular complexity index is 898. The first-order valence-electron chi connectivity index (χ1n) is 9.09. The summed E-state index contributed by atoms with van der Waals surface area (Å²) in [6.45, 7) is 6.77. The lowest BCUT2D eigenvalue weighted by Crippen LogP contribution is -2.10. The molecule has 126 valence electrons. The molecule has 1 nitrogen and oxygen atoms in total. The topological polar surface area (TPSA) is 12.0 Å². The highest BCUT2D eigenvalue weighted by molar-refractivity contribution is 5.73. The normalized spacial score (nSPS) is 13.4. The summed E-state index contributed by atoms with van der Waals surface area (Å²) >= 11 is 0. The summed E-state index contributed by atoms with van der Waals surface area (Å²) in [5.74, 6) is 0. The van der Waals surface area contributed by atoms with Gasteiger partial charge in [0.15, 0.2) is 0 Å². The molecule has 3 aromatic rings. The van der Waals surface area contributed by atoms with E-state index in [1.165, 1.54) is 39.2 Å². The minimum Gasteiger partial charge on any atom is -0.355 e. The average Bonchev–Trinajstić information content (AvgIpc) is 2.79. The zero-order chi connectivity index (χ0) is 17.4. The lowest BCUT2D eigenvalue weighted by Gasteiger charge is -2.19. The van der Waals surface area contributed by atoms with Crippen molar-refractivity contribution in [3.63, 3.8) is 0 Å².